The molecule has 0 saturated heterocycles. The van der Waals surface area contributed by atoms with Gasteiger partial charge in [0.2, 0.25) is 0 Å². The molecule has 0 atom stereocenters. The summed E-state index contributed by atoms with van der Waals surface area (Å²) in [6, 6.07) is 17.5. The SMILES string of the molecule is CSc1ccccc1C(=O)Nc1nc(-c2ccccc2)cs1. The summed E-state index contributed by atoms with van der Waals surface area (Å²) < 4.78 is 0. The van der Waals surface area contributed by atoms with Crippen molar-refractivity contribution in [1.82, 2.24) is 4.98 Å². The van der Waals surface area contributed by atoms with Gasteiger partial charge < -0.3 is 0 Å². The minimum Gasteiger partial charge on any atom is -0.298 e. The molecule has 1 heterocycles. The van der Waals surface area contributed by atoms with Gasteiger partial charge in [-0.3, -0.25) is 10.1 Å². The fourth-order valence-corrected chi connectivity index (χ4v) is 3.38. The van der Waals surface area contributed by atoms with E-state index in [0.717, 1.165) is 16.2 Å². The molecule has 110 valence electrons. The summed E-state index contributed by atoms with van der Waals surface area (Å²) in [6.07, 6.45) is 1.96. The Hall–Kier alpha value is -2.11. The summed E-state index contributed by atoms with van der Waals surface area (Å²) in [6.45, 7) is 0. The standard InChI is InChI=1S/C17H14N2OS2/c1-21-15-10-6-5-9-13(15)16(20)19-17-18-14(11-22-17)12-7-3-2-4-8-12/h2-11H,1H3,(H,18,19,20). The molecule has 0 saturated carbocycles. The van der Waals surface area contributed by atoms with Gasteiger partial charge in [0, 0.05) is 15.8 Å². The number of carbonyl (C=O) groups is 1. The number of aromatic nitrogens is 1. The zero-order valence-corrected chi connectivity index (χ0v) is 13.6. The van der Waals surface area contributed by atoms with Gasteiger partial charge in [0.25, 0.3) is 5.91 Å². The van der Waals surface area contributed by atoms with Gasteiger partial charge in [0.1, 0.15) is 0 Å². The van der Waals surface area contributed by atoms with E-state index in [1.807, 2.05) is 66.2 Å². The third kappa shape index (κ3) is 3.21. The molecule has 0 fully saturated rings. The maximum absolute atomic E-state index is 12.4. The van der Waals surface area contributed by atoms with Gasteiger partial charge >= 0.3 is 0 Å². The summed E-state index contributed by atoms with van der Waals surface area (Å²) in [5, 5.41) is 5.44. The second kappa shape index (κ2) is 6.77. The molecule has 1 amide bonds. The number of carbonyl (C=O) groups excluding carboxylic acids is 1. The van der Waals surface area contributed by atoms with E-state index in [9.17, 15) is 4.79 Å². The Kier molecular flexibility index (Phi) is 4.56. The number of rotatable bonds is 4. The molecule has 0 aliphatic heterocycles. The average molecular weight is 326 g/mol. The van der Waals surface area contributed by atoms with Crippen LogP contribution in [0.5, 0.6) is 0 Å². The highest BCUT2D eigenvalue weighted by Crippen LogP contribution is 2.26. The smallest absolute Gasteiger partial charge is 0.258 e. The van der Waals surface area contributed by atoms with Gasteiger partial charge in [-0.15, -0.1) is 23.1 Å². The molecule has 1 aromatic heterocycles. The van der Waals surface area contributed by atoms with Crippen LogP contribution in [0, 0.1) is 0 Å². The molecule has 0 bridgehead atoms. The highest BCUT2D eigenvalue weighted by Gasteiger charge is 2.12. The number of amides is 1. The van der Waals surface area contributed by atoms with Crippen LogP contribution in [0.4, 0.5) is 5.13 Å². The van der Waals surface area contributed by atoms with Crippen LogP contribution in [0.1, 0.15) is 10.4 Å². The van der Waals surface area contributed by atoms with E-state index in [1.54, 1.807) is 11.8 Å². The molecule has 0 radical (unpaired) electrons. The number of thioether (sulfide) groups is 1. The first-order chi connectivity index (χ1) is 10.8. The Morgan fingerprint density at radius 3 is 2.59 bits per heavy atom. The zero-order valence-electron chi connectivity index (χ0n) is 11.9. The molecule has 0 aliphatic carbocycles. The van der Waals surface area contributed by atoms with Gasteiger partial charge in [-0.25, -0.2) is 4.98 Å². The van der Waals surface area contributed by atoms with Crippen LogP contribution in [-0.2, 0) is 0 Å². The zero-order chi connectivity index (χ0) is 15.4. The Morgan fingerprint density at radius 1 is 1.09 bits per heavy atom. The van der Waals surface area contributed by atoms with Crippen LogP contribution in [-0.4, -0.2) is 17.1 Å². The summed E-state index contributed by atoms with van der Waals surface area (Å²) in [5.74, 6) is -0.126. The van der Waals surface area contributed by atoms with Crippen molar-refractivity contribution in [2.24, 2.45) is 0 Å². The molecule has 0 spiro atoms. The molecule has 3 rings (SSSR count). The Labute approximate surface area is 137 Å². The number of benzene rings is 2. The normalized spacial score (nSPS) is 10.4. The molecule has 22 heavy (non-hydrogen) atoms. The number of nitrogens with one attached hydrogen (secondary N) is 1. The van der Waals surface area contributed by atoms with Crippen molar-refractivity contribution >= 4 is 34.1 Å². The lowest BCUT2D eigenvalue weighted by atomic mass is 10.2. The van der Waals surface area contributed by atoms with Gasteiger partial charge in [0.15, 0.2) is 5.13 Å². The fourth-order valence-electron chi connectivity index (χ4n) is 2.07. The molecule has 3 aromatic rings. The highest BCUT2D eigenvalue weighted by molar-refractivity contribution is 7.98. The quantitative estimate of drug-likeness (QED) is 0.701. The van der Waals surface area contributed by atoms with Crippen molar-refractivity contribution in [2.45, 2.75) is 4.90 Å². The molecule has 1 N–H and O–H groups in total. The summed E-state index contributed by atoms with van der Waals surface area (Å²) in [5.41, 5.74) is 2.59. The van der Waals surface area contributed by atoms with Crippen LogP contribution >= 0.6 is 23.1 Å². The van der Waals surface area contributed by atoms with Crippen LogP contribution in [0.3, 0.4) is 0 Å². The van der Waals surface area contributed by atoms with Gasteiger partial charge in [-0.1, -0.05) is 42.5 Å². The first kappa shape index (κ1) is 14.8. The molecule has 3 nitrogen and oxygen atoms in total. The maximum Gasteiger partial charge on any atom is 0.258 e. The lowest BCUT2D eigenvalue weighted by Gasteiger charge is -2.06. The van der Waals surface area contributed by atoms with Crippen molar-refractivity contribution in [1.29, 1.82) is 0 Å². The lowest BCUT2D eigenvalue weighted by Crippen LogP contribution is -2.12. The number of anilines is 1. The fraction of sp³-hybridized carbons (Fsp3) is 0.0588. The monoisotopic (exact) mass is 326 g/mol. The van der Waals surface area contributed by atoms with Crippen molar-refractivity contribution in [2.75, 3.05) is 11.6 Å². The summed E-state index contributed by atoms with van der Waals surface area (Å²) in [7, 11) is 0. The number of hydrogen-bond acceptors (Lipinski definition) is 4. The van der Waals surface area contributed by atoms with Crippen LogP contribution in [0.15, 0.2) is 64.9 Å². The van der Waals surface area contributed by atoms with Gasteiger partial charge in [-0.2, -0.15) is 0 Å². The molecular weight excluding hydrogens is 312 g/mol. The van der Waals surface area contributed by atoms with E-state index in [1.165, 1.54) is 11.3 Å². The minimum atomic E-state index is -0.126. The topological polar surface area (TPSA) is 42.0 Å². The number of thiazole rings is 1. The van der Waals surface area contributed by atoms with E-state index in [4.69, 9.17) is 0 Å². The number of nitrogens with zero attached hydrogens (tertiary/aromatic N) is 1. The Balaban J connectivity index is 1.79. The van der Waals surface area contributed by atoms with Crippen molar-refractivity contribution in [3.63, 3.8) is 0 Å². The predicted octanol–water partition coefficient (Wildman–Crippen LogP) is 4.78. The highest BCUT2D eigenvalue weighted by atomic mass is 32.2. The van der Waals surface area contributed by atoms with Crippen LogP contribution in [0.2, 0.25) is 0 Å². The first-order valence-corrected chi connectivity index (χ1v) is 8.83. The minimum absolute atomic E-state index is 0.126. The Bertz CT molecular complexity index is 784. The van der Waals surface area contributed by atoms with Crippen molar-refractivity contribution < 1.29 is 4.79 Å². The van der Waals surface area contributed by atoms with E-state index >= 15 is 0 Å². The van der Waals surface area contributed by atoms with E-state index in [0.29, 0.717) is 10.7 Å². The first-order valence-electron chi connectivity index (χ1n) is 6.73. The van der Waals surface area contributed by atoms with E-state index in [2.05, 4.69) is 10.3 Å². The van der Waals surface area contributed by atoms with E-state index < -0.39 is 0 Å². The maximum atomic E-state index is 12.4. The third-order valence-electron chi connectivity index (χ3n) is 3.15. The molecular formula is C17H14N2OS2. The largest absolute Gasteiger partial charge is 0.298 e. The number of hydrogen-bond donors (Lipinski definition) is 1. The second-order valence-electron chi connectivity index (χ2n) is 4.56. The predicted molar refractivity (Wildman–Crippen MR) is 93.7 cm³/mol. The van der Waals surface area contributed by atoms with E-state index in [-0.39, 0.29) is 5.91 Å². The molecule has 2 aromatic carbocycles. The van der Waals surface area contributed by atoms with Crippen LogP contribution in [0.25, 0.3) is 11.3 Å². The second-order valence-corrected chi connectivity index (χ2v) is 6.26. The van der Waals surface area contributed by atoms with Gasteiger partial charge in [0.05, 0.1) is 11.3 Å². The van der Waals surface area contributed by atoms with Crippen molar-refractivity contribution in [3.8, 4) is 11.3 Å². The van der Waals surface area contributed by atoms with Gasteiger partial charge in [-0.05, 0) is 18.4 Å². The molecule has 0 aliphatic rings. The van der Waals surface area contributed by atoms with Crippen LogP contribution < -0.4 is 5.32 Å². The summed E-state index contributed by atoms with van der Waals surface area (Å²) in [4.78, 5) is 17.8. The summed E-state index contributed by atoms with van der Waals surface area (Å²) >= 11 is 2.99. The lowest BCUT2D eigenvalue weighted by molar-refractivity contribution is 0.102. The van der Waals surface area contributed by atoms with Crippen molar-refractivity contribution in [3.05, 3.63) is 65.5 Å². The third-order valence-corrected chi connectivity index (χ3v) is 4.70. The molecule has 0 unspecified atom stereocenters. The average Bonchev–Trinajstić information content (AvgIpc) is 3.04. The molecule has 5 heteroatoms. The Morgan fingerprint density at radius 2 is 1.82 bits per heavy atom.